The first-order chi connectivity index (χ1) is 9.20. The maximum Gasteiger partial charge on any atom is 1.00 e. The number of nitrogens with zero attached hydrogens (tertiary/aromatic N) is 2. The van der Waals surface area contributed by atoms with E-state index in [1.807, 2.05) is 0 Å². The standard InChI is InChI=1S/C10H16N2O8.H3N.Na.H2O/c13-7(14)3-11(4-8(15)16)1-2-12(5-9(17)18)6-10(19)20;;;/h1-6H2,(H,13,14)(H,15,16)(H,17,18)(H,19,20);1H3;;1H2/q;;+1;/p-1. The maximum absolute atomic E-state index is 10.5. The molecule has 0 unspecified atom stereocenters. The molecule has 0 radical (unpaired) electrons. The molecule has 0 amide bonds. The minimum Gasteiger partial charge on any atom is -0.549 e. The summed E-state index contributed by atoms with van der Waals surface area (Å²) in [5.74, 6) is -5.21. The molecule has 0 rings (SSSR count). The van der Waals surface area contributed by atoms with Crippen LogP contribution in [0.2, 0.25) is 0 Å². The van der Waals surface area contributed by atoms with E-state index in [9.17, 15) is 24.3 Å². The van der Waals surface area contributed by atoms with Crippen molar-refractivity contribution >= 4 is 23.9 Å². The van der Waals surface area contributed by atoms with Gasteiger partial charge in [-0.15, -0.1) is 0 Å². The van der Waals surface area contributed by atoms with Crippen LogP contribution in [0.15, 0.2) is 0 Å². The molecule has 0 aromatic carbocycles. The van der Waals surface area contributed by atoms with Crippen molar-refractivity contribution in [3.63, 3.8) is 0 Å². The van der Waals surface area contributed by atoms with Gasteiger partial charge in [0.25, 0.3) is 0 Å². The number of hydrogen-bond acceptors (Lipinski definition) is 8. The molecule has 0 saturated heterocycles. The molecule has 0 spiro atoms. The second-order valence-corrected chi connectivity index (χ2v) is 3.97. The van der Waals surface area contributed by atoms with Gasteiger partial charge in [-0.25, -0.2) is 0 Å². The van der Waals surface area contributed by atoms with Gasteiger partial charge in [0, 0.05) is 19.6 Å². The Morgan fingerprint density at radius 3 is 1.22 bits per heavy atom. The monoisotopic (exact) mass is 349 g/mol. The van der Waals surface area contributed by atoms with E-state index < -0.39 is 50.1 Å². The second-order valence-electron chi connectivity index (χ2n) is 3.97. The van der Waals surface area contributed by atoms with E-state index in [2.05, 4.69) is 0 Å². The van der Waals surface area contributed by atoms with Crippen LogP contribution >= 0.6 is 0 Å². The SMILES string of the molecule is N.O.O=C([O-])CN(CCN(CC(=O)O)CC(=O)O)CC(=O)O.[Na+]. The molecule has 12 nitrogen and oxygen atoms in total. The van der Waals surface area contributed by atoms with Crippen molar-refractivity contribution in [2.45, 2.75) is 0 Å². The summed E-state index contributed by atoms with van der Waals surface area (Å²) in [6, 6.07) is 0. The average Bonchev–Trinajstić information content (AvgIpc) is 2.22. The quantitative estimate of drug-likeness (QED) is 0.256. The summed E-state index contributed by atoms with van der Waals surface area (Å²) in [5.41, 5.74) is 0. The van der Waals surface area contributed by atoms with Crippen LogP contribution in [0.1, 0.15) is 0 Å². The van der Waals surface area contributed by atoms with E-state index in [0.717, 1.165) is 9.80 Å². The zero-order chi connectivity index (χ0) is 15.7. The Morgan fingerprint density at radius 2 is 1.00 bits per heavy atom. The molecular weight excluding hydrogens is 329 g/mol. The topological polar surface area (TPSA) is 225 Å². The van der Waals surface area contributed by atoms with E-state index in [-0.39, 0.29) is 54.3 Å². The number of carbonyl (C=O) groups is 4. The predicted octanol–water partition coefficient (Wildman–Crippen LogP) is -7.06. The van der Waals surface area contributed by atoms with Crippen molar-refractivity contribution in [2.75, 3.05) is 39.3 Å². The summed E-state index contributed by atoms with van der Waals surface area (Å²) in [6.45, 7) is -2.50. The Kier molecular flexibility index (Phi) is 20.2. The summed E-state index contributed by atoms with van der Waals surface area (Å²) >= 11 is 0. The smallest absolute Gasteiger partial charge is 0.549 e. The van der Waals surface area contributed by atoms with Crippen molar-refractivity contribution in [2.24, 2.45) is 0 Å². The van der Waals surface area contributed by atoms with Crippen LogP contribution in [0.4, 0.5) is 0 Å². The average molecular weight is 349 g/mol. The minimum absolute atomic E-state index is 0. The van der Waals surface area contributed by atoms with Crippen LogP contribution < -0.4 is 40.8 Å². The normalized spacial score (nSPS) is 9.30. The molecule has 0 aliphatic rings. The molecule has 0 aliphatic carbocycles. The number of carboxylic acids is 4. The van der Waals surface area contributed by atoms with E-state index in [4.69, 9.17) is 15.3 Å². The number of hydrogen-bond donors (Lipinski definition) is 4. The van der Waals surface area contributed by atoms with Gasteiger partial charge >= 0.3 is 47.5 Å². The Labute approximate surface area is 153 Å². The van der Waals surface area contributed by atoms with Gasteiger partial charge < -0.3 is 36.8 Å². The fraction of sp³-hybridized carbons (Fsp3) is 0.600. The van der Waals surface area contributed by atoms with Crippen molar-refractivity contribution in [3.8, 4) is 0 Å². The molecule has 0 saturated carbocycles. The van der Waals surface area contributed by atoms with Gasteiger partial charge in [-0.3, -0.25) is 24.2 Å². The maximum atomic E-state index is 10.5. The molecular formula is C10H20N3NaO9. The molecule has 13 heteroatoms. The molecule has 0 bridgehead atoms. The number of aliphatic carboxylic acids is 4. The molecule has 0 aliphatic heterocycles. The molecule has 23 heavy (non-hydrogen) atoms. The Bertz CT molecular complexity index is 326. The summed E-state index contributed by atoms with van der Waals surface area (Å²) in [6.07, 6.45) is 0. The molecule has 0 aromatic heterocycles. The Morgan fingerprint density at radius 1 is 0.739 bits per heavy atom. The Hall–Kier alpha value is -1.28. The van der Waals surface area contributed by atoms with Gasteiger partial charge in [-0.2, -0.15) is 0 Å². The van der Waals surface area contributed by atoms with E-state index in [1.54, 1.807) is 0 Å². The third-order valence-electron chi connectivity index (χ3n) is 2.16. The number of carboxylic acid groups (broad SMARTS) is 4. The third-order valence-corrected chi connectivity index (χ3v) is 2.16. The van der Waals surface area contributed by atoms with Gasteiger partial charge in [0.15, 0.2) is 0 Å². The summed E-state index contributed by atoms with van der Waals surface area (Å²) in [5, 5.41) is 36.3. The molecule has 0 aromatic rings. The summed E-state index contributed by atoms with van der Waals surface area (Å²) in [4.78, 5) is 44.1. The van der Waals surface area contributed by atoms with Gasteiger partial charge in [-0.1, -0.05) is 0 Å². The van der Waals surface area contributed by atoms with Crippen molar-refractivity contribution in [1.82, 2.24) is 16.0 Å². The van der Waals surface area contributed by atoms with E-state index in [1.165, 1.54) is 0 Å². The van der Waals surface area contributed by atoms with Crippen LogP contribution in [0, 0.1) is 0 Å². The zero-order valence-electron chi connectivity index (χ0n) is 12.7. The van der Waals surface area contributed by atoms with Gasteiger partial charge in [0.1, 0.15) is 0 Å². The van der Waals surface area contributed by atoms with Crippen molar-refractivity contribution < 1.29 is 74.6 Å². The van der Waals surface area contributed by atoms with Crippen LogP contribution in [0.5, 0.6) is 0 Å². The molecule has 0 fully saturated rings. The first-order valence-electron chi connectivity index (χ1n) is 5.50. The van der Waals surface area contributed by atoms with Crippen LogP contribution in [0.3, 0.4) is 0 Å². The molecule has 0 atom stereocenters. The van der Waals surface area contributed by atoms with Gasteiger partial charge in [0.05, 0.1) is 25.6 Å². The zero-order valence-corrected chi connectivity index (χ0v) is 14.7. The largest absolute Gasteiger partial charge is 1.00 e. The fourth-order valence-electron chi connectivity index (χ4n) is 1.47. The first kappa shape index (κ1) is 29.7. The second kappa shape index (κ2) is 15.6. The minimum atomic E-state index is -1.48. The van der Waals surface area contributed by atoms with E-state index in [0.29, 0.717) is 0 Å². The number of carbonyl (C=O) groups excluding carboxylic acids is 1. The van der Waals surface area contributed by atoms with Crippen LogP contribution in [0.25, 0.3) is 0 Å². The first-order valence-corrected chi connectivity index (χ1v) is 5.50. The predicted molar refractivity (Wildman–Crippen MR) is 69.4 cm³/mol. The van der Waals surface area contributed by atoms with E-state index >= 15 is 0 Å². The molecule has 8 N–H and O–H groups in total. The van der Waals surface area contributed by atoms with Gasteiger partial charge in [-0.05, 0) is 0 Å². The fourth-order valence-corrected chi connectivity index (χ4v) is 1.47. The van der Waals surface area contributed by atoms with Gasteiger partial charge in [0.2, 0.25) is 0 Å². The summed E-state index contributed by atoms with van der Waals surface area (Å²) in [7, 11) is 0. The number of rotatable bonds is 11. The van der Waals surface area contributed by atoms with Crippen LogP contribution in [-0.4, -0.2) is 93.7 Å². The van der Waals surface area contributed by atoms with Crippen molar-refractivity contribution in [1.29, 1.82) is 0 Å². The molecule has 130 valence electrons. The summed E-state index contributed by atoms with van der Waals surface area (Å²) < 4.78 is 0. The molecule has 0 heterocycles. The third kappa shape index (κ3) is 18.7. The van der Waals surface area contributed by atoms with Crippen LogP contribution in [-0.2, 0) is 19.2 Å². The van der Waals surface area contributed by atoms with Crippen molar-refractivity contribution in [3.05, 3.63) is 0 Å². The Balaban J connectivity index is -0.000000602.